The molecule has 0 aromatic heterocycles. The molecule has 0 spiro atoms. The summed E-state index contributed by atoms with van der Waals surface area (Å²) in [4.78, 5) is 0. The Hall–Kier alpha value is -0.0800. The fraction of sp³-hybridized carbons (Fsp3) is 1.00. The summed E-state index contributed by atoms with van der Waals surface area (Å²) in [6.45, 7) is 18.0. The van der Waals surface area contributed by atoms with Gasteiger partial charge in [0.1, 0.15) is 0 Å². The minimum absolute atomic E-state index is 0.219. The van der Waals surface area contributed by atoms with Crippen LogP contribution in [0.3, 0.4) is 0 Å². The third kappa shape index (κ3) is 7.05. The van der Waals surface area contributed by atoms with Crippen molar-refractivity contribution in [3.05, 3.63) is 0 Å². The zero-order valence-electron chi connectivity index (χ0n) is 13.0. The average Bonchev–Trinajstić information content (AvgIpc) is 2.14. The fourth-order valence-electron chi connectivity index (χ4n) is 2.20. The quantitative estimate of drug-likeness (QED) is 0.673. The summed E-state index contributed by atoms with van der Waals surface area (Å²) in [6.07, 6.45) is 1.06. The van der Waals surface area contributed by atoms with Crippen LogP contribution in [0.15, 0.2) is 0 Å². The molecule has 0 aliphatic carbocycles. The molecule has 0 fully saturated rings. The average molecular weight is 242 g/mol. The zero-order chi connectivity index (χ0) is 13.6. The maximum atomic E-state index is 6.15. The summed E-state index contributed by atoms with van der Waals surface area (Å²) in [5.74, 6) is 2.26. The molecule has 0 saturated carbocycles. The first-order chi connectivity index (χ1) is 7.66. The lowest BCUT2D eigenvalue weighted by molar-refractivity contribution is 0.265. The van der Waals surface area contributed by atoms with Crippen LogP contribution in [0.5, 0.6) is 0 Å². The van der Waals surface area contributed by atoms with E-state index in [1.807, 2.05) is 0 Å². The Morgan fingerprint density at radius 2 is 1.47 bits per heavy atom. The van der Waals surface area contributed by atoms with Gasteiger partial charge in [0.15, 0.2) is 0 Å². The lowest BCUT2D eigenvalue weighted by Gasteiger charge is -2.28. The van der Waals surface area contributed by atoms with Gasteiger partial charge in [0, 0.05) is 6.04 Å². The maximum Gasteiger partial charge on any atom is 0.00997 e. The Balaban J connectivity index is 3.84. The second kappa shape index (κ2) is 7.38. The first kappa shape index (κ1) is 16.9. The monoisotopic (exact) mass is 242 g/mol. The molecular weight excluding hydrogens is 208 g/mol. The highest BCUT2D eigenvalue weighted by atomic mass is 14.9. The van der Waals surface area contributed by atoms with Gasteiger partial charge in [0.05, 0.1) is 0 Å². The van der Waals surface area contributed by atoms with Crippen molar-refractivity contribution in [3.8, 4) is 0 Å². The largest absolute Gasteiger partial charge is 0.327 e. The SMILES string of the molecule is CC(C)C(CNCCC(N)C(C)(C)C)C(C)C. The Labute approximate surface area is 109 Å². The van der Waals surface area contributed by atoms with E-state index in [2.05, 4.69) is 53.8 Å². The summed E-state index contributed by atoms with van der Waals surface area (Å²) in [5, 5.41) is 3.57. The second-order valence-corrected chi connectivity index (χ2v) is 7.12. The van der Waals surface area contributed by atoms with Gasteiger partial charge >= 0.3 is 0 Å². The van der Waals surface area contributed by atoms with Crippen molar-refractivity contribution in [3.63, 3.8) is 0 Å². The van der Waals surface area contributed by atoms with Crippen LogP contribution in [-0.4, -0.2) is 19.1 Å². The van der Waals surface area contributed by atoms with Gasteiger partial charge in [0.2, 0.25) is 0 Å². The van der Waals surface area contributed by atoms with Crippen molar-refractivity contribution in [1.29, 1.82) is 0 Å². The maximum absolute atomic E-state index is 6.15. The lowest BCUT2D eigenvalue weighted by Crippen LogP contribution is -2.39. The second-order valence-electron chi connectivity index (χ2n) is 7.12. The van der Waals surface area contributed by atoms with E-state index < -0.39 is 0 Å². The molecular formula is C15H34N2. The number of nitrogens with one attached hydrogen (secondary N) is 1. The van der Waals surface area contributed by atoms with Gasteiger partial charge in [-0.05, 0) is 42.7 Å². The van der Waals surface area contributed by atoms with E-state index in [1.54, 1.807) is 0 Å². The molecule has 0 saturated heterocycles. The molecule has 2 heteroatoms. The molecule has 1 atom stereocenters. The van der Waals surface area contributed by atoms with E-state index in [4.69, 9.17) is 5.73 Å². The van der Waals surface area contributed by atoms with Gasteiger partial charge in [0.25, 0.3) is 0 Å². The molecule has 0 bridgehead atoms. The minimum atomic E-state index is 0.219. The molecule has 0 aromatic rings. The van der Waals surface area contributed by atoms with Crippen LogP contribution in [0.2, 0.25) is 0 Å². The molecule has 17 heavy (non-hydrogen) atoms. The number of hydrogen-bond donors (Lipinski definition) is 2. The molecule has 104 valence electrons. The molecule has 2 nitrogen and oxygen atoms in total. The van der Waals surface area contributed by atoms with Crippen molar-refractivity contribution in [2.24, 2.45) is 28.9 Å². The normalized spacial score (nSPS) is 15.0. The van der Waals surface area contributed by atoms with Crippen molar-refractivity contribution in [2.75, 3.05) is 13.1 Å². The van der Waals surface area contributed by atoms with Crippen molar-refractivity contribution in [2.45, 2.75) is 60.9 Å². The summed E-state index contributed by atoms with van der Waals surface area (Å²) in [7, 11) is 0. The topological polar surface area (TPSA) is 38.0 Å². The van der Waals surface area contributed by atoms with Crippen LogP contribution in [0, 0.1) is 23.2 Å². The van der Waals surface area contributed by atoms with Gasteiger partial charge in [-0.1, -0.05) is 48.5 Å². The van der Waals surface area contributed by atoms with Crippen LogP contribution in [0.1, 0.15) is 54.9 Å². The third-order valence-electron chi connectivity index (χ3n) is 3.84. The van der Waals surface area contributed by atoms with E-state index >= 15 is 0 Å². The van der Waals surface area contributed by atoms with Crippen molar-refractivity contribution in [1.82, 2.24) is 5.32 Å². The highest BCUT2D eigenvalue weighted by Gasteiger charge is 2.20. The highest BCUT2D eigenvalue weighted by molar-refractivity contribution is 4.78. The smallest absolute Gasteiger partial charge is 0.00997 e. The molecule has 0 aromatic carbocycles. The molecule has 0 rings (SSSR count). The van der Waals surface area contributed by atoms with Crippen LogP contribution >= 0.6 is 0 Å². The third-order valence-corrected chi connectivity index (χ3v) is 3.84. The molecule has 1 unspecified atom stereocenters. The zero-order valence-corrected chi connectivity index (χ0v) is 13.0. The van der Waals surface area contributed by atoms with Gasteiger partial charge in [-0.3, -0.25) is 0 Å². The Morgan fingerprint density at radius 1 is 1.00 bits per heavy atom. The minimum Gasteiger partial charge on any atom is -0.327 e. The van der Waals surface area contributed by atoms with Crippen LogP contribution in [0.4, 0.5) is 0 Å². The summed E-state index contributed by atoms with van der Waals surface area (Å²) >= 11 is 0. The van der Waals surface area contributed by atoms with Gasteiger partial charge in [-0.2, -0.15) is 0 Å². The van der Waals surface area contributed by atoms with Crippen LogP contribution in [0.25, 0.3) is 0 Å². The predicted molar refractivity (Wildman–Crippen MR) is 78.1 cm³/mol. The standard InChI is InChI=1S/C15H34N2/c1-11(2)13(12(3)4)10-17-9-8-14(16)15(5,6)7/h11-14,17H,8-10,16H2,1-7H3. The van der Waals surface area contributed by atoms with Crippen LogP contribution < -0.4 is 11.1 Å². The molecule has 0 amide bonds. The van der Waals surface area contributed by atoms with Crippen LogP contribution in [-0.2, 0) is 0 Å². The van der Waals surface area contributed by atoms with Gasteiger partial charge < -0.3 is 11.1 Å². The molecule has 3 N–H and O–H groups in total. The molecule has 0 radical (unpaired) electrons. The van der Waals surface area contributed by atoms with E-state index in [9.17, 15) is 0 Å². The summed E-state index contributed by atoms with van der Waals surface area (Å²) in [5.41, 5.74) is 6.37. The van der Waals surface area contributed by atoms with Crippen molar-refractivity contribution < 1.29 is 0 Å². The highest BCUT2D eigenvalue weighted by Crippen LogP contribution is 2.20. The number of hydrogen-bond acceptors (Lipinski definition) is 2. The summed E-state index contributed by atoms with van der Waals surface area (Å²) < 4.78 is 0. The molecule has 0 heterocycles. The van der Waals surface area contributed by atoms with Gasteiger partial charge in [-0.25, -0.2) is 0 Å². The summed E-state index contributed by atoms with van der Waals surface area (Å²) in [6, 6.07) is 0.284. The first-order valence-electron chi connectivity index (χ1n) is 7.12. The van der Waals surface area contributed by atoms with Gasteiger partial charge in [-0.15, -0.1) is 0 Å². The number of rotatable bonds is 7. The molecule has 0 aliphatic rings. The van der Waals surface area contributed by atoms with E-state index in [0.717, 1.165) is 37.3 Å². The van der Waals surface area contributed by atoms with E-state index in [0.29, 0.717) is 0 Å². The molecule has 0 aliphatic heterocycles. The van der Waals surface area contributed by atoms with Crippen molar-refractivity contribution >= 4 is 0 Å². The predicted octanol–water partition coefficient (Wildman–Crippen LogP) is 3.27. The van der Waals surface area contributed by atoms with E-state index in [1.165, 1.54) is 0 Å². The number of nitrogens with two attached hydrogens (primary N) is 1. The Kier molecular flexibility index (Phi) is 7.34. The lowest BCUT2D eigenvalue weighted by atomic mass is 9.84. The Bertz CT molecular complexity index is 184. The van der Waals surface area contributed by atoms with E-state index in [-0.39, 0.29) is 11.5 Å². The Morgan fingerprint density at radius 3 is 1.82 bits per heavy atom. The fourth-order valence-corrected chi connectivity index (χ4v) is 2.20. The first-order valence-corrected chi connectivity index (χ1v) is 7.12.